The quantitative estimate of drug-likeness (QED) is 0.391. The van der Waals surface area contributed by atoms with Gasteiger partial charge in [0, 0.05) is 6.42 Å². The maximum Gasteiger partial charge on any atom is 0.342 e. The van der Waals surface area contributed by atoms with Crippen molar-refractivity contribution in [2.24, 2.45) is 0 Å². The minimum absolute atomic E-state index is 0.124. The highest BCUT2D eigenvalue weighted by Crippen LogP contribution is 2.45. The Bertz CT molecular complexity index is 877. The zero-order chi connectivity index (χ0) is 18.4. The lowest BCUT2D eigenvalue weighted by Crippen LogP contribution is -2.33. The molecular formula is C12H15N6O6P. The number of nitrogen functional groups attached to an aromatic ring is 1. The van der Waals surface area contributed by atoms with Crippen molar-refractivity contribution in [1.82, 2.24) is 19.5 Å². The highest BCUT2D eigenvalue weighted by Gasteiger charge is 2.47. The third kappa shape index (κ3) is 3.09. The van der Waals surface area contributed by atoms with Crippen LogP contribution in [0.2, 0.25) is 0 Å². The van der Waals surface area contributed by atoms with E-state index < -0.39 is 44.2 Å². The van der Waals surface area contributed by atoms with Gasteiger partial charge in [-0.2, -0.15) is 5.26 Å². The van der Waals surface area contributed by atoms with E-state index in [1.54, 1.807) is 0 Å². The number of rotatable bonds is 4. The monoisotopic (exact) mass is 370 g/mol. The lowest BCUT2D eigenvalue weighted by Gasteiger charge is -2.18. The van der Waals surface area contributed by atoms with Gasteiger partial charge in [-0.05, 0) is 0 Å². The zero-order valence-corrected chi connectivity index (χ0v) is 13.5. The van der Waals surface area contributed by atoms with E-state index in [1.807, 2.05) is 0 Å². The van der Waals surface area contributed by atoms with E-state index in [0.29, 0.717) is 0 Å². The number of nitriles is 1. The van der Waals surface area contributed by atoms with Gasteiger partial charge in [0.1, 0.15) is 24.1 Å². The number of ether oxygens (including phenoxy) is 1. The van der Waals surface area contributed by atoms with Crippen molar-refractivity contribution in [3.8, 4) is 6.07 Å². The Balaban J connectivity index is 1.88. The standard InChI is InChI=1S/C12H15N6O6P/c13-2-5(25(21,22)23)1-6-8(19)9(20)12(24-6)18-4-17-7-10(14)15-3-16-11(7)18/h3-6,8-9,12,19-20H,1H2,(H2,14,15,16)(H2,21,22,23)/t5?,6-,8-,9-,12-/m1/s1. The number of aliphatic hydroxyl groups excluding tert-OH is 2. The SMILES string of the molecule is N#CC(C[C@H]1O[C@@H](n2cnc3c(N)ncnc32)[C@H](O)[C@@H]1O)P(=O)(O)O. The first-order chi connectivity index (χ1) is 11.7. The Labute approximate surface area is 140 Å². The first-order valence-electron chi connectivity index (χ1n) is 7.13. The second-order valence-electron chi connectivity index (χ2n) is 5.60. The normalized spacial score (nSPS) is 28.1. The Hall–Kier alpha value is -2.13. The molecule has 1 unspecified atom stereocenters. The number of aliphatic hydroxyl groups is 2. The highest BCUT2D eigenvalue weighted by atomic mass is 31.2. The molecule has 5 atom stereocenters. The fraction of sp³-hybridized carbons (Fsp3) is 0.500. The Morgan fingerprint density at radius 2 is 2.08 bits per heavy atom. The third-order valence-electron chi connectivity index (χ3n) is 4.01. The molecular weight excluding hydrogens is 355 g/mol. The number of nitrogens with zero attached hydrogens (tertiary/aromatic N) is 5. The molecule has 0 spiro atoms. The Morgan fingerprint density at radius 3 is 2.72 bits per heavy atom. The van der Waals surface area contributed by atoms with Crippen LogP contribution in [0, 0.1) is 11.3 Å². The third-order valence-corrected chi connectivity index (χ3v) is 5.15. The lowest BCUT2D eigenvalue weighted by molar-refractivity contribution is -0.0366. The Morgan fingerprint density at radius 1 is 1.36 bits per heavy atom. The smallest absolute Gasteiger partial charge is 0.342 e. The van der Waals surface area contributed by atoms with Crippen molar-refractivity contribution >= 4 is 24.6 Å². The Kier molecular flexibility index (Phi) is 4.46. The van der Waals surface area contributed by atoms with Gasteiger partial charge in [-0.15, -0.1) is 0 Å². The highest BCUT2D eigenvalue weighted by molar-refractivity contribution is 7.52. The molecule has 6 N–H and O–H groups in total. The maximum atomic E-state index is 11.3. The molecule has 25 heavy (non-hydrogen) atoms. The van der Waals surface area contributed by atoms with Gasteiger partial charge in [-0.1, -0.05) is 0 Å². The van der Waals surface area contributed by atoms with Crippen LogP contribution in [0.3, 0.4) is 0 Å². The predicted octanol–water partition coefficient (Wildman–Crippen LogP) is -1.51. The van der Waals surface area contributed by atoms with Crippen LogP contribution in [0.1, 0.15) is 12.6 Å². The topological polar surface area (TPSA) is 201 Å². The molecule has 3 heterocycles. The van der Waals surface area contributed by atoms with Gasteiger partial charge in [-0.3, -0.25) is 9.13 Å². The first-order valence-corrected chi connectivity index (χ1v) is 8.81. The minimum Gasteiger partial charge on any atom is -0.388 e. The summed E-state index contributed by atoms with van der Waals surface area (Å²) in [5.74, 6) is 0.124. The molecule has 0 aliphatic carbocycles. The molecule has 12 nitrogen and oxygen atoms in total. The number of nitrogens with two attached hydrogens (primary N) is 1. The molecule has 2 aromatic rings. The van der Waals surface area contributed by atoms with Crippen LogP contribution < -0.4 is 5.73 Å². The van der Waals surface area contributed by atoms with E-state index in [1.165, 1.54) is 23.3 Å². The van der Waals surface area contributed by atoms with Crippen molar-refractivity contribution in [2.45, 2.75) is 36.6 Å². The molecule has 0 bridgehead atoms. The van der Waals surface area contributed by atoms with E-state index in [0.717, 1.165) is 0 Å². The van der Waals surface area contributed by atoms with Gasteiger partial charge in [0.2, 0.25) is 0 Å². The van der Waals surface area contributed by atoms with Gasteiger partial charge in [0.05, 0.1) is 18.5 Å². The van der Waals surface area contributed by atoms with Crippen LogP contribution in [0.15, 0.2) is 12.7 Å². The van der Waals surface area contributed by atoms with Crippen LogP contribution in [0.5, 0.6) is 0 Å². The number of fused-ring (bicyclic) bond motifs is 1. The van der Waals surface area contributed by atoms with Gasteiger partial charge in [0.25, 0.3) is 0 Å². The van der Waals surface area contributed by atoms with Crippen LogP contribution in [-0.2, 0) is 9.30 Å². The maximum absolute atomic E-state index is 11.3. The molecule has 1 aliphatic heterocycles. The molecule has 0 radical (unpaired) electrons. The zero-order valence-electron chi connectivity index (χ0n) is 12.6. The molecule has 3 rings (SSSR count). The average Bonchev–Trinajstić information content (AvgIpc) is 3.08. The second-order valence-corrected chi connectivity index (χ2v) is 7.40. The molecule has 0 amide bonds. The van der Waals surface area contributed by atoms with Gasteiger partial charge in [0.15, 0.2) is 23.4 Å². The molecule has 1 fully saturated rings. The number of imidazole rings is 1. The molecule has 0 aromatic carbocycles. The summed E-state index contributed by atoms with van der Waals surface area (Å²) < 4.78 is 18.2. The van der Waals surface area contributed by atoms with Crippen molar-refractivity contribution in [3.05, 3.63) is 12.7 Å². The van der Waals surface area contributed by atoms with Gasteiger partial charge >= 0.3 is 7.60 Å². The molecule has 1 saturated heterocycles. The van der Waals surface area contributed by atoms with Crippen LogP contribution in [0.4, 0.5) is 5.82 Å². The average molecular weight is 370 g/mol. The van der Waals surface area contributed by atoms with Gasteiger partial charge < -0.3 is 30.5 Å². The lowest BCUT2D eigenvalue weighted by atomic mass is 10.1. The number of aromatic nitrogens is 4. The van der Waals surface area contributed by atoms with E-state index in [-0.39, 0.29) is 17.0 Å². The fourth-order valence-corrected chi connectivity index (χ4v) is 3.33. The van der Waals surface area contributed by atoms with E-state index >= 15 is 0 Å². The largest absolute Gasteiger partial charge is 0.388 e. The molecule has 1 aliphatic rings. The van der Waals surface area contributed by atoms with Crippen molar-refractivity contribution in [3.63, 3.8) is 0 Å². The molecule has 2 aromatic heterocycles. The summed E-state index contributed by atoms with van der Waals surface area (Å²) in [6.45, 7) is 0. The van der Waals surface area contributed by atoms with Crippen LogP contribution in [-0.4, -0.2) is 63.5 Å². The first kappa shape index (κ1) is 17.7. The van der Waals surface area contributed by atoms with Crippen molar-refractivity contribution in [2.75, 3.05) is 5.73 Å². The molecule has 0 saturated carbocycles. The van der Waals surface area contributed by atoms with Crippen molar-refractivity contribution in [1.29, 1.82) is 5.26 Å². The predicted molar refractivity (Wildman–Crippen MR) is 81.7 cm³/mol. The number of hydrogen-bond acceptors (Lipinski definition) is 9. The number of hydrogen-bond donors (Lipinski definition) is 5. The van der Waals surface area contributed by atoms with E-state index in [9.17, 15) is 14.8 Å². The second kappa shape index (κ2) is 6.30. The summed E-state index contributed by atoms with van der Waals surface area (Å²) in [6, 6.07) is 1.50. The van der Waals surface area contributed by atoms with E-state index in [4.69, 9.17) is 25.5 Å². The van der Waals surface area contributed by atoms with E-state index in [2.05, 4.69) is 15.0 Å². The van der Waals surface area contributed by atoms with Crippen LogP contribution in [0.25, 0.3) is 11.2 Å². The van der Waals surface area contributed by atoms with Crippen LogP contribution >= 0.6 is 7.60 Å². The summed E-state index contributed by atoms with van der Waals surface area (Å²) in [4.78, 5) is 30.1. The van der Waals surface area contributed by atoms with Gasteiger partial charge in [-0.25, -0.2) is 15.0 Å². The number of anilines is 1. The van der Waals surface area contributed by atoms with Crippen molar-refractivity contribution < 1.29 is 29.3 Å². The summed E-state index contributed by atoms with van der Waals surface area (Å²) in [5, 5.41) is 29.3. The summed E-state index contributed by atoms with van der Waals surface area (Å²) >= 11 is 0. The minimum atomic E-state index is -4.69. The summed E-state index contributed by atoms with van der Waals surface area (Å²) in [5.41, 5.74) is 4.57. The summed E-state index contributed by atoms with van der Waals surface area (Å²) in [6.07, 6.45) is -3.10. The summed E-state index contributed by atoms with van der Waals surface area (Å²) in [7, 11) is -4.69. The fourth-order valence-electron chi connectivity index (χ4n) is 2.70. The molecule has 134 valence electrons. The molecule has 13 heteroatoms.